The van der Waals surface area contributed by atoms with Crippen LogP contribution in [0, 0.1) is 0 Å². The summed E-state index contributed by atoms with van der Waals surface area (Å²) in [6.07, 6.45) is 3.10. The zero-order chi connectivity index (χ0) is 11.1. The minimum atomic E-state index is -0.170. The molecule has 0 spiro atoms. The molecule has 0 N–H and O–H groups in total. The molecule has 1 nitrogen and oxygen atoms in total. The molecule has 0 aromatic heterocycles. The average molecular weight is 193 g/mol. The van der Waals surface area contributed by atoms with Gasteiger partial charge in [0, 0.05) is 1.37 Å². The highest BCUT2D eigenvalue weighted by atomic mass is 16.5. The number of unbranched alkanes of at least 4 members (excludes halogenated alkanes) is 1. The number of hydrogen-bond acceptors (Lipinski definition) is 1. The number of ether oxygens (including phenoxy) is 1. The normalized spacial score (nSPS) is 15.7. The molecule has 0 unspecified atom stereocenters. The molecule has 0 aliphatic carbocycles. The number of hydrogen-bond donors (Lipinski definition) is 0. The molecule has 0 aliphatic rings. The van der Waals surface area contributed by atoms with Crippen LogP contribution in [0.2, 0.25) is 0 Å². The predicted molar refractivity (Wildman–Crippen MR) is 60.7 cm³/mol. The van der Waals surface area contributed by atoms with Crippen molar-refractivity contribution in [3.8, 4) is 5.75 Å². The van der Waals surface area contributed by atoms with E-state index in [1.165, 1.54) is 0 Å². The van der Waals surface area contributed by atoms with E-state index in [0.717, 1.165) is 25.0 Å². The first-order valence-corrected chi connectivity index (χ1v) is 5.38. The van der Waals surface area contributed by atoms with E-state index >= 15 is 0 Å². The molecule has 1 aromatic rings. The first kappa shape index (κ1) is 9.57. The summed E-state index contributed by atoms with van der Waals surface area (Å²) in [6.45, 7) is 4.05. The third-order valence-corrected chi connectivity index (χ3v) is 2.24. The Kier molecular flexibility index (Phi) is 4.42. The van der Waals surface area contributed by atoms with Crippen molar-refractivity contribution in [2.24, 2.45) is 0 Å². The highest BCUT2D eigenvalue weighted by molar-refractivity contribution is 5.21. The van der Waals surface area contributed by atoms with E-state index in [9.17, 15) is 0 Å². The Labute approximate surface area is 88.5 Å². The molecule has 78 valence electrons. The Morgan fingerprint density at radius 3 is 2.57 bits per heavy atom. The zero-order valence-corrected chi connectivity index (χ0v) is 9.07. The number of benzene rings is 1. The van der Waals surface area contributed by atoms with Gasteiger partial charge in [-0.3, -0.25) is 0 Å². The lowest BCUT2D eigenvalue weighted by Crippen LogP contribution is -2.14. The van der Waals surface area contributed by atoms with Crippen molar-refractivity contribution >= 4 is 0 Å². The second kappa shape index (κ2) is 6.47. The largest absolute Gasteiger partial charge is 0.490 e. The summed E-state index contributed by atoms with van der Waals surface area (Å²) in [7, 11) is 0. The topological polar surface area (TPSA) is 9.23 Å². The van der Waals surface area contributed by atoms with Gasteiger partial charge in [-0.2, -0.15) is 0 Å². The van der Waals surface area contributed by atoms with Gasteiger partial charge in [0.1, 0.15) is 5.75 Å². The van der Waals surface area contributed by atoms with E-state index in [2.05, 4.69) is 6.92 Å². The summed E-state index contributed by atoms with van der Waals surface area (Å²) >= 11 is 0. The zero-order valence-electron chi connectivity index (χ0n) is 10.1. The first-order chi connectivity index (χ1) is 7.24. The SMILES string of the molecule is [2H][C@H](C)[C@@H](CCCC)Oc1ccccc1. The molecule has 1 rings (SSSR count). The summed E-state index contributed by atoms with van der Waals surface area (Å²) in [5.74, 6) is 0.873. The van der Waals surface area contributed by atoms with Crippen LogP contribution in [0.15, 0.2) is 30.3 Å². The molecule has 0 bridgehead atoms. The van der Waals surface area contributed by atoms with Crippen molar-refractivity contribution in [2.75, 3.05) is 0 Å². The second-order valence-electron chi connectivity index (χ2n) is 3.44. The van der Waals surface area contributed by atoms with Gasteiger partial charge in [0.25, 0.3) is 0 Å². The van der Waals surface area contributed by atoms with E-state index in [-0.39, 0.29) is 12.5 Å². The summed E-state index contributed by atoms with van der Waals surface area (Å²) < 4.78 is 13.5. The van der Waals surface area contributed by atoms with E-state index < -0.39 is 0 Å². The highest BCUT2D eigenvalue weighted by Crippen LogP contribution is 2.15. The summed E-state index contributed by atoms with van der Waals surface area (Å²) in [5, 5.41) is 0. The van der Waals surface area contributed by atoms with Crippen LogP contribution in [0.1, 0.15) is 40.9 Å². The smallest absolute Gasteiger partial charge is 0.119 e. The molecule has 0 amide bonds. The molecular formula is C13H20O. The minimum absolute atomic E-state index is 0.0207. The molecule has 1 aromatic carbocycles. The summed E-state index contributed by atoms with van der Waals surface area (Å²) in [6, 6.07) is 9.78. The third kappa shape index (κ3) is 3.82. The van der Waals surface area contributed by atoms with Gasteiger partial charge in [-0.15, -0.1) is 0 Å². The van der Waals surface area contributed by atoms with Gasteiger partial charge in [0.05, 0.1) is 6.10 Å². The van der Waals surface area contributed by atoms with E-state index in [0.29, 0.717) is 0 Å². The number of para-hydroxylation sites is 1. The van der Waals surface area contributed by atoms with Gasteiger partial charge >= 0.3 is 0 Å². The van der Waals surface area contributed by atoms with Gasteiger partial charge in [-0.25, -0.2) is 0 Å². The molecule has 2 atom stereocenters. The van der Waals surface area contributed by atoms with E-state index in [1.807, 2.05) is 37.3 Å². The van der Waals surface area contributed by atoms with Crippen molar-refractivity contribution in [1.82, 2.24) is 0 Å². The molecule has 0 radical (unpaired) electrons. The van der Waals surface area contributed by atoms with Crippen LogP contribution in [-0.2, 0) is 0 Å². The van der Waals surface area contributed by atoms with Crippen molar-refractivity contribution in [3.05, 3.63) is 30.3 Å². The van der Waals surface area contributed by atoms with Crippen molar-refractivity contribution in [3.63, 3.8) is 0 Å². The van der Waals surface area contributed by atoms with Crippen LogP contribution in [0.4, 0.5) is 0 Å². The minimum Gasteiger partial charge on any atom is -0.490 e. The Bertz CT molecular complexity index is 258. The monoisotopic (exact) mass is 193 g/mol. The van der Waals surface area contributed by atoms with Gasteiger partial charge in [-0.1, -0.05) is 44.9 Å². The fourth-order valence-corrected chi connectivity index (χ4v) is 1.37. The Morgan fingerprint density at radius 1 is 1.29 bits per heavy atom. The van der Waals surface area contributed by atoms with E-state index in [4.69, 9.17) is 6.11 Å². The van der Waals surface area contributed by atoms with Crippen molar-refractivity contribution in [1.29, 1.82) is 0 Å². The third-order valence-electron chi connectivity index (χ3n) is 2.24. The standard InChI is InChI=1S/C13H20O/c1-3-5-9-12(4-2)14-13-10-7-6-8-11-13/h6-8,10-12H,3-5,9H2,1-2H3/t12-/m0/s1/i4D/t4-,12+/m1. The quantitative estimate of drug-likeness (QED) is 0.662. The Morgan fingerprint density at radius 2 is 2.00 bits per heavy atom. The van der Waals surface area contributed by atoms with Crippen LogP contribution < -0.4 is 4.74 Å². The molecule has 0 saturated carbocycles. The van der Waals surface area contributed by atoms with Gasteiger partial charge in [0.15, 0.2) is 0 Å². The lowest BCUT2D eigenvalue weighted by molar-refractivity contribution is 0.183. The van der Waals surface area contributed by atoms with E-state index in [1.54, 1.807) is 0 Å². The molecule has 14 heavy (non-hydrogen) atoms. The second-order valence-corrected chi connectivity index (χ2v) is 3.44. The lowest BCUT2D eigenvalue weighted by Gasteiger charge is -2.16. The molecule has 0 aliphatic heterocycles. The fourth-order valence-electron chi connectivity index (χ4n) is 1.37. The van der Waals surface area contributed by atoms with Crippen LogP contribution in [0.25, 0.3) is 0 Å². The maximum Gasteiger partial charge on any atom is 0.119 e. The van der Waals surface area contributed by atoms with Crippen LogP contribution in [0.3, 0.4) is 0 Å². The maximum absolute atomic E-state index is 7.74. The predicted octanol–water partition coefficient (Wildman–Crippen LogP) is 4.03. The molecule has 0 heterocycles. The van der Waals surface area contributed by atoms with Gasteiger partial charge in [-0.05, 0) is 25.0 Å². The van der Waals surface area contributed by atoms with Crippen LogP contribution in [-0.4, -0.2) is 6.10 Å². The van der Waals surface area contributed by atoms with Crippen molar-refractivity contribution in [2.45, 2.75) is 45.6 Å². The van der Waals surface area contributed by atoms with Crippen LogP contribution >= 0.6 is 0 Å². The molecule has 0 fully saturated rings. The first-order valence-electron chi connectivity index (χ1n) is 5.95. The number of rotatable bonds is 6. The summed E-state index contributed by atoms with van der Waals surface area (Å²) in [4.78, 5) is 0. The summed E-state index contributed by atoms with van der Waals surface area (Å²) in [5.41, 5.74) is 0. The molecule has 0 saturated heterocycles. The van der Waals surface area contributed by atoms with Crippen LogP contribution in [0.5, 0.6) is 5.75 Å². The van der Waals surface area contributed by atoms with Crippen molar-refractivity contribution < 1.29 is 6.11 Å². The molecular weight excluding hydrogens is 172 g/mol. The maximum atomic E-state index is 7.74. The molecule has 1 heteroatoms. The Balaban J connectivity index is 2.51. The Hall–Kier alpha value is -0.980. The van der Waals surface area contributed by atoms with Gasteiger partial charge in [0.2, 0.25) is 0 Å². The fraction of sp³-hybridized carbons (Fsp3) is 0.538. The highest BCUT2D eigenvalue weighted by Gasteiger charge is 2.06. The lowest BCUT2D eigenvalue weighted by atomic mass is 10.1. The van der Waals surface area contributed by atoms with Gasteiger partial charge < -0.3 is 4.74 Å². The average Bonchev–Trinajstić information content (AvgIpc) is 2.25.